The largest absolute Gasteiger partial charge is 0.493 e. The monoisotopic (exact) mass is 272 g/mol. The van der Waals surface area contributed by atoms with Gasteiger partial charge in [0.1, 0.15) is 6.61 Å². The maximum absolute atomic E-state index is 5.85. The fourth-order valence-corrected chi connectivity index (χ4v) is 1.88. The van der Waals surface area contributed by atoms with Crippen LogP contribution in [-0.2, 0) is 18.0 Å². The summed E-state index contributed by atoms with van der Waals surface area (Å²) >= 11 is 0. The van der Waals surface area contributed by atoms with Gasteiger partial charge in [0.05, 0.1) is 13.7 Å². The summed E-state index contributed by atoms with van der Waals surface area (Å²) in [4.78, 5) is 0. The molecule has 0 atom stereocenters. The molecule has 0 aliphatic rings. The van der Waals surface area contributed by atoms with Crippen molar-refractivity contribution in [1.29, 1.82) is 0 Å². The number of rotatable bonds is 7. The van der Waals surface area contributed by atoms with Crippen molar-refractivity contribution in [3.05, 3.63) is 59.7 Å². The molecule has 2 rings (SSSR count). The van der Waals surface area contributed by atoms with Crippen LogP contribution >= 0.6 is 0 Å². The summed E-state index contributed by atoms with van der Waals surface area (Å²) in [6, 6.07) is 15.9. The molecule has 0 N–H and O–H groups in total. The summed E-state index contributed by atoms with van der Waals surface area (Å²) in [6.45, 7) is 3.79. The minimum absolute atomic E-state index is 0.523. The summed E-state index contributed by atoms with van der Waals surface area (Å²) in [5.41, 5.74) is 2.21. The Morgan fingerprint density at radius 2 is 1.65 bits per heavy atom. The second-order valence-electron chi connectivity index (χ2n) is 4.40. The van der Waals surface area contributed by atoms with Gasteiger partial charge >= 0.3 is 0 Å². The molecule has 0 fully saturated rings. The molecule has 2 aromatic carbocycles. The molecule has 0 radical (unpaired) electrons. The summed E-state index contributed by atoms with van der Waals surface area (Å²) in [6.07, 6.45) is 0. The lowest BCUT2D eigenvalue weighted by atomic mass is 10.2. The highest BCUT2D eigenvalue weighted by Gasteiger charge is 2.06. The van der Waals surface area contributed by atoms with Crippen LogP contribution in [0.1, 0.15) is 18.1 Å². The topological polar surface area (TPSA) is 27.7 Å². The first-order valence-corrected chi connectivity index (χ1v) is 6.75. The van der Waals surface area contributed by atoms with Crippen molar-refractivity contribution >= 4 is 0 Å². The molecule has 0 spiro atoms. The SMILES string of the molecule is CCOCc1ccc(OC)c(OCc2ccccc2)c1. The van der Waals surface area contributed by atoms with E-state index in [-0.39, 0.29) is 0 Å². The molecule has 0 heterocycles. The van der Waals surface area contributed by atoms with Crippen LogP contribution in [0.15, 0.2) is 48.5 Å². The standard InChI is InChI=1S/C17H20O3/c1-3-19-12-15-9-10-16(18-2)17(11-15)20-13-14-7-5-4-6-8-14/h4-11H,3,12-13H2,1-2H3. The summed E-state index contributed by atoms with van der Waals surface area (Å²) in [5.74, 6) is 1.48. The van der Waals surface area contributed by atoms with E-state index >= 15 is 0 Å². The summed E-state index contributed by atoms with van der Waals surface area (Å²) < 4.78 is 16.6. The minimum atomic E-state index is 0.523. The van der Waals surface area contributed by atoms with Crippen LogP contribution in [0, 0.1) is 0 Å². The molecular weight excluding hydrogens is 252 g/mol. The molecule has 0 aliphatic heterocycles. The first-order valence-electron chi connectivity index (χ1n) is 6.75. The zero-order valence-corrected chi connectivity index (χ0v) is 12.0. The van der Waals surface area contributed by atoms with Crippen LogP contribution < -0.4 is 9.47 Å². The predicted octanol–water partition coefficient (Wildman–Crippen LogP) is 3.81. The van der Waals surface area contributed by atoms with E-state index in [1.54, 1.807) is 7.11 Å². The molecule has 0 unspecified atom stereocenters. The van der Waals surface area contributed by atoms with E-state index in [2.05, 4.69) is 0 Å². The maximum atomic E-state index is 5.85. The third-order valence-corrected chi connectivity index (χ3v) is 2.94. The summed E-state index contributed by atoms with van der Waals surface area (Å²) in [7, 11) is 1.65. The molecule has 0 saturated heterocycles. The van der Waals surface area contributed by atoms with Crippen molar-refractivity contribution in [2.75, 3.05) is 13.7 Å². The van der Waals surface area contributed by atoms with Gasteiger partial charge in [-0.25, -0.2) is 0 Å². The Labute approximate surface area is 120 Å². The fraction of sp³-hybridized carbons (Fsp3) is 0.294. The van der Waals surface area contributed by atoms with E-state index < -0.39 is 0 Å². The van der Waals surface area contributed by atoms with E-state index in [9.17, 15) is 0 Å². The molecule has 0 bridgehead atoms. The molecule has 0 amide bonds. The molecule has 0 aromatic heterocycles. The van der Waals surface area contributed by atoms with Crippen molar-refractivity contribution in [2.24, 2.45) is 0 Å². The van der Waals surface area contributed by atoms with E-state index in [1.807, 2.05) is 55.5 Å². The highest BCUT2D eigenvalue weighted by Crippen LogP contribution is 2.29. The van der Waals surface area contributed by atoms with Gasteiger partial charge in [0.25, 0.3) is 0 Å². The van der Waals surface area contributed by atoms with E-state index in [0.717, 1.165) is 22.6 Å². The van der Waals surface area contributed by atoms with Crippen LogP contribution in [0.4, 0.5) is 0 Å². The number of hydrogen-bond acceptors (Lipinski definition) is 3. The van der Waals surface area contributed by atoms with Gasteiger partial charge in [-0.05, 0) is 30.2 Å². The van der Waals surface area contributed by atoms with Crippen molar-refractivity contribution in [2.45, 2.75) is 20.1 Å². The first-order chi connectivity index (χ1) is 9.83. The zero-order chi connectivity index (χ0) is 14.2. The molecule has 0 aliphatic carbocycles. The smallest absolute Gasteiger partial charge is 0.162 e. The molecule has 20 heavy (non-hydrogen) atoms. The number of methoxy groups -OCH3 is 1. The highest BCUT2D eigenvalue weighted by molar-refractivity contribution is 5.43. The Bertz CT molecular complexity index is 523. The summed E-state index contributed by atoms with van der Waals surface area (Å²) in [5, 5.41) is 0. The molecule has 106 valence electrons. The predicted molar refractivity (Wildman–Crippen MR) is 79.1 cm³/mol. The van der Waals surface area contributed by atoms with Crippen molar-refractivity contribution in [1.82, 2.24) is 0 Å². The lowest BCUT2D eigenvalue weighted by Gasteiger charge is -2.12. The zero-order valence-electron chi connectivity index (χ0n) is 12.0. The lowest BCUT2D eigenvalue weighted by Crippen LogP contribution is -1.99. The molecule has 3 heteroatoms. The normalized spacial score (nSPS) is 10.3. The molecular formula is C17H20O3. The van der Waals surface area contributed by atoms with E-state index in [4.69, 9.17) is 14.2 Å². The Balaban J connectivity index is 2.07. The van der Waals surface area contributed by atoms with Crippen LogP contribution in [0.2, 0.25) is 0 Å². The van der Waals surface area contributed by atoms with Crippen LogP contribution in [-0.4, -0.2) is 13.7 Å². The second kappa shape index (κ2) is 7.56. The fourth-order valence-electron chi connectivity index (χ4n) is 1.88. The Kier molecular flexibility index (Phi) is 5.44. The number of benzene rings is 2. The van der Waals surface area contributed by atoms with Crippen LogP contribution in [0.3, 0.4) is 0 Å². The van der Waals surface area contributed by atoms with Crippen molar-refractivity contribution in [3.63, 3.8) is 0 Å². The third kappa shape index (κ3) is 4.00. The third-order valence-electron chi connectivity index (χ3n) is 2.94. The average Bonchev–Trinajstić information content (AvgIpc) is 2.52. The number of hydrogen-bond donors (Lipinski definition) is 0. The minimum Gasteiger partial charge on any atom is -0.493 e. The van der Waals surface area contributed by atoms with Gasteiger partial charge in [-0.2, -0.15) is 0 Å². The maximum Gasteiger partial charge on any atom is 0.162 e. The second-order valence-corrected chi connectivity index (χ2v) is 4.40. The van der Waals surface area contributed by atoms with E-state index in [0.29, 0.717) is 19.8 Å². The van der Waals surface area contributed by atoms with Gasteiger partial charge in [-0.3, -0.25) is 0 Å². The van der Waals surface area contributed by atoms with Crippen molar-refractivity contribution < 1.29 is 14.2 Å². The van der Waals surface area contributed by atoms with Gasteiger partial charge in [0.15, 0.2) is 11.5 Å². The van der Waals surface area contributed by atoms with Gasteiger partial charge in [0.2, 0.25) is 0 Å². The Morgan fingerprint density at radius 1 is 0.850 bits per heavy atom. The van der Waals surface area contributed by atoms with Gasteiger partial charge in [-0.1, -0.05) is 36.4 Å². The van der Waals surface area contributed by atoms with Gasteiger partial charge in [0, 0.05) is 6.61 Å². The van der Waals surface area contributed by atoms with E-state index in [1.165, 1.54) is 0 Å². The quantitative estimate of drug-likeness (QED) is 0.767. The van der Waals surface area contributed by atoms with Crippen LogP contribution in [0.5, 0.6) is 11.5 Å². The lowest BCUT2D eigenvalue weighted by molar-refractivity contribution is 0.133. The Morgan fingerprint density at radius 3 is 2.35 bits per heavy atom. The van der Waals surface area contributed by atoms with Crippen LogP contribution in [0.25, 0.3) is 0 Å². The van der Waals surface area contributed by atoms with Gasteiger partial charge in [-0.15, -0.1) is 0 Å². The van der Waals surface area contributed by atoms with Crippen molar-refractivity contribution in [3.8, 4) is 11.5 Å². The molecule has 3 nitrogen and oxygen atoms in total. The average molecular weight is 272 g/mol. The first kappa shape index (κ1) is 14.4. The molecule has 2 aromatic rings. The molecule has 0 saturated carbocycles. The number of ether oxygens (including phenoxy) is 3. The Hall–Kier alpha value is -2.00. The highest BCUT2D eigenvalue weighted by atomic mass is 16.5. The van der Waals surface area contributed by atoms with Gasteiger partial charge < -0.3 is 14.2 Å².